The summed E-state index contributed by atoms with van der Waals surface area (Å²) in [6.07, 6.45) is 5.07. The van der Waals surface area contributed by atoms with Crippen LogP contribution in [0.4, 0.5) is 0 Å². The van der Waals surface area contributed by atoms with E-state index < -0.39 is 5.97 Å². The standard InChI is InChI=1S/C15H17N3O4/c19-13-8-18(12-4-2-1-3-10(12)17-13)14(20)11-7-9(15(21)22)5-6-16-11/h5-7,10,12H,1-4,8H2,(H,17,19)(H,21,22). The van der Waals surface area contributed by atoms with Gasteiger partial charge in [-0.15, -0.1) is 0 Å². The molecule has 1 aliphatic heterocycles. The molecule has 7 heteroatoms. The highest BCUT2D eigenvalue weighted by Crippen LogP contribution is 2.26. The Kier molecular flexibility index (Phi) is 3.79. The molecule has 0 aromatic carbocycles. The van der Waals surface area contributed by atoms with E-state index in [-0.39, 0.29) is 41.7 Å². The van der Waals surface area contributed by atoms with Gasteiger partial charge in [0.15, 0.2) is 0 Å². The summed E-state index contributed by atoms with van der Waals surface area (Å²) in [6, 6.07) is 2.55. The van der Waals surface area contributed by atoms with E-state index in [2.05, 4.69) is 10.3 Å². The van der Waals surface area contributed by atoms with Gasteiger partial charge in [0.05, 0.1) is 11.6 Å². The number of amides is 2. The first-order valence-corrected chi connectivity index (χ1v) is 7.36. The summed E-state index contributed by atoms with van der Waals surface area (Å²) in [5.74, 6) is -1.66. The summed E-state index contributed by atoms with van der Waals surface area (Å²) in [7, 11) is 0. The van der Waals surface area contributed by atoms with Crippen LogP contribution in [-0.2, 0) is 4.79 Å². The Morgan fingerprint density at radius 2 is 2.09 bits per heavy atom. The smallest absolute Gasteiger partial charge is 0.335 e. The second-order valence-corrected chi connectivity index (χ2v) is 5.69. The van der Waals surface area contributed by atoms with Crippen molar-refractivity contribution in [3.63, 3.8) is 0 Å². The molecule has 3 rings (SSSR count). The first-order valence-electron chi connectivity index (χ1n) is 7.36. The number of rotatable bonds is 2. The monoisotopic (exact) mass is 303 g/mol. The summed E-state index contributed by atoms with van der Waals surface area (Å²) in [6.45, 7) is -0.00101. The number of aromatic nitrogens is 1. The van der Waals surface area contributed by atoms with Crippen molar-refractivity contribution in [1.29, 1.82) is 0 Å². The van der Waals surface area contributed by atoms with E-state index in [0.717, 1.165) is 25.7 Å². The van der Waals surface area contributed by atoms with Gasteiger partial charge in [-0.1, -0.05) is 12.8 Å². The molecule has 2 aliphatic rings. The number of fused-ring (bicyclic) bond motifs is 1. The third-order valence-electron chi connectivity index (χ3n) is 4.28. The van der Waals surface area contributed by atoms with Crippen molar-refractivity contribution in [2.45, 2.75) is 37.8 Å². The Labute approximate surface area is 127 Å². The summed E-state index contributed by atoms with van der Waals surface area (Å²) in [5, 5.41) is 12.0. The zero-order valence-corrected chi connectivity index (χ0v) is 12.0. The van der Waals surface area contributed by atoms with Gasteiger partial charge in [0.2, 0.25) is 5.91 Å². The molecular weight excluding hydrogens is 286 g/mol. The third-order valence-corrected chi connectivity index (χ3v) is 4.28. The second-order valence-electron chi connectivity index (χ2n) is 5.69. The predicted molar refractivity (Wildman–Crippen MR) is 76.4 cm³/mol. The maximum absolute atomic E-state index is 12.7. The number of carbonyl (C=O) groups is 3. The van der Waals surface area contributed by atoms with Crippen molar-refractivity contribution in [2.75, 3.05) is 6.54 Å². The highest BCUT2D eigenvalue weighted by Gasteiger charge is 2.39. The molecule has 22 heavy (non-hydrogen) atoms. The Bertz CT molecular complexity index is 631. The van der Waals surface area contributed by atoms with E-state index in [0.29, 0.717) is 0 Å². The van der Waals surface area contributed by atoms with Gasteiger partial charge in [-0.25, -0.2) is 4.79 Å². The molecule has 0 bridgehead atoms. The molecule has 7 nitrogen and oxygen atoms in total. The molecule has 0 radical (unpaired) electrons. The fraction of sp³-hybridized carbons (Fsp3) is 0.467. The van der Waals surface area contributed by atoms with Gasteiger partial charge in [0.1, 0.15) is 12.2 Å². The Balaban J connectivity index is 1.87. The number of hydrogen-bond donors (Lipinski definition) is 2. The Morgan fingerprint density at radius 3 is 2.86 bits per heavy atom. The van der Waals surface area contributed by atoms with Crippen molar-refractivity contribution >= 4 is 17.8 Å². The zero-order chi connectivity index (χ0) is 15.7. The van der Waals surface area contributed by atoms with Crippen molar-refractivity contribution in [2.24, 2.45) is 0 Å². The van der Waals surface area contributed by atoms with Crippen LogP contribution in [0, 0.1) is 0 Å². The van der Waals surface area contributed by atoms with E-state index in [9.17, 15) is 14.4 Å². The van der Waals surface area contributed by atoms with Gasteiger partial charge >= 0.3 is 5.97 Å². The van der Waals surface area contributed by atoms with Crippen LogP contribution in [0.15, 0.2) is 18.3 Å². The normalized spacial score (nSPS) is 24.4. The molecule has 2 unspecified atom stereocenters. The lowest BCUT2D eigenvalue weighted by Crippen LogP contribution is -2.63. The van der Waals surface area contributed by atoms with Gasteiger partial charge in [-0.2, -0.15) is 0 Å². The molecule has 2 fully saturated rings. The number of hydrogen-bond acceptors (Lipinski definition) is 4. The van der Waals surface area contributed by atoms with Crippen LogP contribution in [-0.4, -0.2) is 51.4 Å². The fourth-order valence-corrected chi connectivity index (χ4v) is 3.23. The lowest BCUT2D eigenvalue weighted by Gasteiger charge is -2.43. The highest BCUT2D eigenvalue weighted by atomic mass is 16.4. The highest BCUT2D eigenvalue weighted by molar-refractivity contribution is 5.98. The number of nitrogens with one attached hydrogen (secondary N) is 1. The first-order chi connectivity index (χ1) is 10.6. The Morgan fingerprint density at radius 1 is 1.32 bits per heavy atom. The summed E-state index contributed by atoms with van der Waals surface area (Å²) >= 11 is 0. The van der Waals surface area contributed by atoms with E-state index >= 15 is 0 Å². The minimum Gasteiger partial charge on any atom is -0.478 e. The quantitative estimate of drug-likeness (QED) is 0.836. The van der Waals surface area contributed by atoms with Gasteiger partial charge < -0.3 is 15.3 Å². The molecule has 2 atom stereocenters. The van der Waals surface area contributed by atoms with E-state index in [1.165, 1.54) is 23.2 Å². The van der Waals surface area contributed by atoms with Crippen LogP contribution < -0.4 is 5.32 Å². The molecule has 2 amide bonds. The van der Waals surface area contributed by atoms with E-state index in [1.807, 2.05) is 0 Å². The topological polar surface area (TPSA) is 99.6 Å². The number of carboxylic acid groups (broad SMARTS) is 1. The molecule has 1 aromatic heterocycles. The fourth-order valence-electron chi connectivity index (χ4n) is 3.23. The van der Waals surface area contributed by atoms with Crippen molar-refractivity contribution < 1.29 is 19.5 Å². The van der Waals surface area contributed by atoms with E-state index in [4.69, 9.17) is 5.11 Å². The maximum atomic E-state index is 12.7. The van der Waals surface area contributed by atoms with Gasteiger partial charge in [0, 0.05) is 12.2 Å². The number of nitrogens with zero attached hydrogens (tertiary/aromatic N) is 2. The number of pyridine rings is 1. The van der Waals surface area contributed by atoms with Gasteiger partial charge in [-0.3, -0.25) is 14.6 Å². The number of carboxylic acids is 1. The number of aromatic carboxylic acids is 1. The van der Waals surface area contributed by atoms with Crippen LogP contribution in [0.25, 0.3) is 0 Å². The van der Waals surface area contributed by atoms with Gasteiger partial charge in [-0.05, 0) is 25.0 Å². The largest absolute Gasteiger partial charge is 0.478 e. The van der Waals surface area contributed by atoms with Crippen LogP contribution in [0.1, 0.15) is 46.5 Å². The molecule has 1 aromatic rings. The summed E-state index contributed by atoms with van der Waals surface area (Å²) < 4.78 is 0. The third kappa shape index (κ3) is 2.66. The molecule has 1 aliphatic carbocycles. The molecule has 1 saturated carbocycles. The minimum atomic E-state index is -1.11. The SMILES string of the molecule is O=C1CN(C(=O)c2cc(C(=O)O)ccn2)C2CCCCC2N1. The van der Waals surface area contributed by atoms with Crippen molar-refractivity contribution in [3.8, 4) is 0 Å². The zero-order valence-electron chi connectivity index (χ0n) is 12.0. The first kappa shape index (κ1) is 14.5. The molecule has 2 N–H and O–H groups in total. The molecule has 1 saturated heterocycles. The lowest BCUT2D eigenvalue weighted by atomic mass is 9.87. The van der Waals surface area contributed by atoms with Crippen LogP contribution >= 0.6 is 0 Å². The van der Waals surface area contributed by atoms with Gasteiger partial charge in [0.25, 0.3) is 5.91 Å². The van der Waals surface area contributed by atoms with E-state index in [1.54, 1.807) is 0 Å². The van der Waals surface area contributed by atoms with Crippen molar-refractivity contribution in [3.05, 3.63) is 29.6 Å². The minimum absolute atomic E-state index is 0.00101. The molecule has 116 valence electrons. The van der Waals surface area contributed by atoms with Crippen molar-refractivity contribution in [1.82, 2.24) is 15.2 Å². The molecule has 2 heterocycles. The van der Waals surface area contributed by atoms with Crippen LogP contribution in [0.3, 0.4) is 0 Å². The number of piperazine rings is 1. The Hall–Kier alpha value is -2.44. The predicted octanol–water partition coefficient (Wildman–Crippen LogP) is 0.663. The average Bonchev–Trinajstić information content (AvgIpc) is 2.53. The average molecular weight is 303 g/mol. The molecular formula is C15H17N3O4. The number of carbonyl (C=O) groups excluding carboxylic acids is 2. The molecule has 0 spiro atoms. The maximum Gasteiger partial charge on any atom is 0.335 e. The second kappa shape index (κ2) is 5.75. The van der Waals surface area contributed by atoms with Crippen LogP contribution in [0.5, 0.6) is 0 Å². The lowest BCUT2D eigenvalue weighted by molar-refractivity contribution is -0.127. The summed E-state index contributed by atoms with van der Waals surface area (Å²) in [5.41, 5.74) is 0.0823. The van der Waals surface area contributed by atoms with Crippen LogP contribution in [0.2, 0.25) is 0 Å². The summed E-state index contributed by atoms with van der Waals surface area (Å²) in [4.78, 5) is 41.0.